The average molecular weight is 337 g/mol. The van der Waals surface area contributed by atoms with Crippen LogP contribution in [-0.4, -0.2) is 21.0 Å². The van der Waals surface area contributed by atoms with Crippen LogP contribution in [0.4, 0.5) is 13.2 Å². The highest BCUT2D eigenvalue weighted by atomic mass is 35.5. The smallest absolute Gasteiger partial charge is 0.433 e. The van der Waals surface area contributed by atoms with Crippen LogP contribution in [0, 0.1) is 0 Å². The minimum atomic E-state index is -4.62. The molecule has 0 atom stereocenters. The molecule has 0 amide bonds. The molecule has 0 aromatic carbocycles. The van der Waals surface area contributed by atoms with Gasteiger partial charge in [-0.15, -0.1) is 0 Å². The van der Waals surface area contributed by atoms with Gasteiger partial charge in [0, 0.05) is 11.8 Å². The van der Waals surface area contributed by atoms with Gasteiger partial charge in [-0.05, 0) is 18.2 Å². The van der Waals surface area contributed by atoms with Crippen molar-refractivity contribution in [3.05, 3.63) is 45.8 Å². The summed E-state index contributed by atoms with van der Waals surface area (Å²) in [6.07, 6.45) is -3.74. The molecule has 9 heteroatoms. The quantitative estimate of drug-likeness (QED) is 0.893. The van der Waals surface area contributed by atoms with Crippen molar-refractivity contribution in [1.29, 1.82) is 0 Å². The Hall–Kier alpha value is -1.86. The molecule has 0 unspecified atom stereocenters. The van der Waals surface area contributed by atoms with Gasteiger partial charge in [-0.25, -0.2) is 9.78 Å². The van der Waals surface area contributed by atoms with Gasteiger partial charge in [-0.3, -0.25) is 4.98 Å². The summed E-state index contributed by atoms with van der Waals surface area (Å²) in [6, 6.07) is 3.25. The Morgan fingerprint density at radius 2 is 1.86 bits per heavy atom. The number of halogens is 5. The van der Waals surface area contributed by atoms with E-state index in [1.54, 1.807) is 0 Å². The summed E-state index contributed by atoms with van der Waals surface area (Å²) in [7, 11) is 0. The average Bonchev–Trinajstić information content (AvgIpc) is 2.38. The van der Waals surface area contributed by atoms with Crippen LogP contribution < -0.4 is 0 Å². The summed E-state index contributed by atoms with van der Waals surface area (Å²) in [5.41, 5.74) is -1.44. The minimum absolute atomic E-state index is 0.0584. The van der Waals surface area contributed by atoms with Crippen molar-refractivity contribution in [2.45, 2.75) is 6.18 Å². The number of rotatable bonds is 2. The summed E-state index contributed by atoms with van der Waals surface area (Å²) in [5, 5.41) is 8.57. The molecule has 2 heterocycles. The zero-order chi connectivity index (χ0) is 15.8. The summed E-state index contributed by atoms with van der Waals surface area (Å²) in [6.45, 7) is 0. The van der Waals surface area contributed by atoms with Crippen molar-refractivity contribution in [1.82, 2.24) is 9.97 Å². The number of hydrogen-bond donors (Lipinski definition) is 1. The largest absolute Gasteiger partial charge is 0.476 e. The molecular formula is C12H5Cl2F3N2O2. The van der Waals surface area contributed by atoms with Crippen molar-refractivity contribution in [2.24, 2.45) is 0 Å². The summed E-state index contributed by atoms with van der Waals surface area (Å²) in [5.74, 6) is -1.36. The van der Waals surface area contributed by atoms with Gasteiger partial charge in [0.05, 0.1) is 15.7 Å². The fourth-order valence-electron chi connectivity index (χ4n) is 1.52. The van der Waals surface area contributed by atoms with Crippen LogP contribution in [-0.2, 0) is 6.18 Å². The monoisotopic (exact) mass is 336 g/mol. The van der Waals surface area contributed by atoms with Crippen LogP contribution >= 0.6 is 23.2 Å². The fraction of sp³-hybridized carbons (Fsp3) is 0.0833. The molecular weight excluding hydrogens is 332 g/mol. The van der Waals surface area contributed by atoms with Gasteiger partial charge in [-0.1, -0.05) is 23.2 Å². The Kier molecular flexibility index (Phi) is 4.06. The molecule has 4 nitrogen and oxygen atoms in total. The van der Waals surface area contributed by atoms with Crippen LogP contribution in [0.1, 0.15) is 16.2 Å². The molecule has 0 radical (unpaired) electrons. The zero-order valence-corrected chi connectivity index (χ0v) is 11.5. The molecule has 1 N–H and O–H groups in total. The van der Waals surface area contributed by atoms with E-state index in [9.17, 15) is 18.0 Å². The highest BCUT2D eigenvalue weighted by Gasteiger charge is 2.33. The third-order valence-corrected chi connectivity index (χ3v) is 3.09. The third-order valence-electron chi connectivity index (χ3n) is 2.47. The first-order valence-corrected chi connectivity index (χ1v) is 6.08. The SMILES string of the molecule is O=C(O)c1nc(-c2cnc(C(F)(F)F)cc2Cl)ccc1Cl. The number of alkyl halides is 3. The van der Waals surface area contributed by atoms with E-state index >= 15 is 0 Å². The number of aromatic carboxylic acids is 1. The first-order valence-electron chi connectivity index (χ1n) is 5.33. The summed E-state index contributed by atoms with van der Waals surface area (Å²) in [4.78, 5) is 17.9. The van der Waals surface area contributed by atoms with E-state index in [0.717, 1.165) is 6.20 Å². The Balaban J connectivity index is 2.53. The first kappa shape index (κ1) is 15.5. The number of carboxylic acid groups (broad SMARTS) is 1. The topological polar surface area (TPSA) is 63.1 Å². The minimum Gasteiger partial charge on any atom is -0.476 e. The number of hydrogen-bond acceptors (Lipinski definition) is 3. The molecule has 0 aliphatic rings. The molecule has 0 fully saturated rings. The maximum Gasteiger partial charge on any atom is 0.433 e. The predicted octanol–water partition coefficient (Wildman–Crippen LogP) is 4.17. The Labute approximate surface area is 126 Å². The van der Waals surface area contributed by atoms with E-state index in [-0.39, 0.29) is 21.3 Å². The van der Waals surface area contributed by atoms with Crippen LogP contribution in [0.25, 0.3) is 11.3 Å². The lowest BCUT2D eigenvalue weighted by molar-refractivity contribution is -0.141. The van der Waals surface area contributed by atoms with E-state index in [0.29, 0.717) is 6.07 Å². The van der Waals surface area contributed by atoms with E-state index in [4.69, 9.17) is 28.3 Å². The van der Waals surface area contributed by atoms with Crippen molar-refractivity contribution in [2.75, 3.05) is 0 Å². The van der Waals surface area contributed by atoms with Crippen molar-refractivity contribution in [3.8, 4) is 11.3 Å². The van der Waals surface area contributed by atoms with Gasteiger partial charge in [0.25, 0.3) is 0 Å². The molecule has 2 rings (SSSR count). The van der Waals surface area contributed by atoms with Crippen LogP contribution in [0.3, 0.4) is 0 Å². The molecule has 21 heavy (non-hydrogen) atoms. The second-order valence-corrected chi connectivity index (χ2v) is 4.69. The molecule has 0 aliphatic carbocycles. The molecule has 0 spiro atoms. The van der Waals surface area contributed by atoms with Gasteiger partial charge in [0.15, 0.2) is 5.69 Å². The van der Waals surface area contributed by atoms with E-state index in [1.807, 2.05) is 0 Å². The molecule has 0 aliphatic heterocycles. The normalized spacial score (nSPS) is 11.5. The van der Waals surface area contributed by atoms with Gasteiger partial charge in [0.1, 0.15) is 5.69 Å². The van der Waals surface area contributed by atoms with Crippen molar-refractivity contribution in [3.63, 3.8) is 0 Å². The summed E-state index contributed by atoms with van der Waals surface area (Å²) >= 11 is 11.4. The van der Waals surface area contributed by atoms with E-state index in [1.165, 1.54) is 12.1 Å². The molecule has 0 bridgehead atoms. The van der Waals surface area contributed by atoms with Crippen LogP contribution in [0.15, 0.2) is 24.4 Å². The maximum absolute atomic E-state index is 12.5. The number of nitrogens with zero attached hydrogens (tertiary/aromatic N) is 2. The molecule has 0 saturated heterocycles. The second-order valence-electron chi connectivity index (χ2n) is 3.88. The Bertz CT molecular complexity index is 720. The Morgan fingerprint density at radius 3 is 2.38 bits per heavy atom. The molecule has 110 valence electrons. The molecule has 0 saturated carbocycles. The van der Waals surface area contributed by atoms with Crippen LogP contribution in [0.2, 0.25) is 10.0 Å². The summed E-state index contributed by atoms with van der Waals surface area (Å²) < 4.78 is 37.5. The van der Waals surface area contributed by atoms with Crippen LogP contribution in [0.5, 0.6) is 0 Å². The number of carbonyl (C=O) groups is 1. The third kappa shape index (κ3) is 3.25. The van der Waals surface area contributed by atoms with Gasteiger partial charge >= 0.3 is 12.1 Å². The standard InChI is InChI=1S/C12H5Cl2F3N2O2/c13-6-1-2-8(19-10(6)11(20)21)5-4-18-9(3-7(5)14)12(15,16)17/h1-4H,(H,20,21). The van der Waals surface area contributed by atoms with Gasteiger partial charge < -0.3 is 5.11 Å². The van der Waals surface area contributed by atoms with E-state index in [2.05, 4.69) is 9.97 Å². The highest BCUT2D eigenvalue weighted by Crippen LogP contribution is 2.33. The first-order chi connectivity index (χ1) is 9.70. The molecule has 2 aromatic rings. The fourth-order valence-corrected chi connectivity index (χ4v) is 1.95. The second kappa shape index (κ2) is 5.50. The zero-order valence-electron chi connectivity index (χ0n) is 9.95. The lowest BCUT2D eigenvalue weighted by Crippen LogP contribution is -2.08. The lowest BCUT2D eigenvalue weighted by Gasteiger charge is -2.09. The van der Waals surface area contributed by atoms with E-state index < -0.39 is 23.5 Å². The number of carboxylic acids is 1. The maximum atomic E-state index is 12.5. The number of aromatic nitrogens is 2. The number of pyridine rings is 2. The highest BCUT2D eigenvalue weighted by molar-refractivity contribution is 6.34. The van der Waals surface area contributed by atoms with Gasteiger partial charge in [0.2, 0.25) is 0 Å². The lowest BCUT2D eigenvalue weighted by atomic mass is 10.1. The van der Waals surface area contributed by atoms with Crippen molar-refractivity contribution < 1.29 is 23.1 Å². The van der Waals surface area contributed by atoms with Gasteiger partial charge in [-0.2, -0.15) is 13.2 Å². The predicted molar refractivity (Wildman–Crippen MR) is 69.4 cm³/mol. The Morgan fingerprint density at radius 1 is 1.19 bits per heavy atom. The molecule has 2 aromatic heterocycles. The van der Waals surface area contributed by atoms with Crippen molar-refractivity contribution >= 4 is 29.2 Å².